The van der Waals surface area contributed by atoms with Crippen LogP contribution < -0.4 is 4.74 Å². The van der Waals surface area contributed by atoms with Crippen LogP contribution in [0.4, 0.5) is 0 Å². The molecule has 0 fully saturated rings. The Labute approximate surface area is 120 Å². The average Bonchev–Trinajstić information content (AvgIpc) is 2.70. The molecule has 0 spiro atoms. The number of pyridine rings is 1. The highest BCUT2D eigenvalue weighted by atomic mass is 32.2. The lowest BCUT2D eigenvalue weighted by Crippen LogP contribution is -2.07. The van der Waals surface area contributed by atoms with Gasteiger partial charge in [-0.15, -0.1) is 11.8 Å². The van der Waals surface area contributed by atoms with Crippen molar-refractivity contribution < 1.29 is 4.74 Å². The van der Waals surface area contributed by atoms with Crippen molar-refractivity contribution in [1.29, 1.82) is 0 Å². The first-order valence-electron chi connectivity index (χ1n) is 6.61. The lowest BCUT2D eigenvalue weighted by molar-refractivity contribution is 0.404. The van der Waals surface area contributed by atoms with E-state index in [9.17, 15) is 0 Å². The Morgan fingerprint density at radius 1 is 1.26 bits per heavy atom. The minimum absolute atomic E-state index is 0.162. The first-order chi connectivity index (χ1) is 8.90. The van der Waals surface area contributed by atoms with Gasteiger partial charge in [-0.1, -0.05) is 34.6 Å². The fourth-order valence-corrected chi connectivity index (χ4v) is 2.74. The number of nitrogens with zero attached hydrogens (tertiary/aromatic N) is 2. The summed E-state index contributed by atoms with van der Waals surface area (Å²) in [5.41, 5.74) is 2.07. The van der Waals surface area contributed by atoms with E-state index >= 15 is 0 Å². The van der Waals surface area contributed by atoms with Crippen LogP contribution in [0.2, 0.25) is 0 Å². The first-order valence-corrected chi connectivity index (χ1v) is 7.43. The fraction of sp³-hybridized carbons (Fsp3) is 0.533. The lowest BCUT2D eigenvalue weighted by atomic mass is 10.3. The van der Waals surface area contributed by atoms with Crippen molar-refractivity contribution in [3.63, 3.8) is 0 Å². The van der Waals surface area contributed by atoms with E-state index in [1.807, 2.05) is 26.1 Å². The number of ether oxygens (including phenoxy) is 1. The molecule has 106 valence electrons. The van der Waals surface area contributed by atoms with Gasteiger partial charge in [0.25, 0.3) is 0 Å². The monoisotopic (exact) mass is 280 g/mol. The smallest absolute Gasteiger partial charge is 0.140 e. The van der Waals surface area contributed by atoms with Crippen LogP contribution in [0.5, 0.6) is 5.75 Å². The quantitative estimate of drug-likeness (QED) is 0.754. The molecule has 0 saturated carbocycles. The molecule has 0 bridgehead atoms. The Hall–Kier alpha value is -1.16. The van der Waals surface area contributed by atoms with E-state index in [-0.39, 0.29) is 4.75 Å². The van der Waals surface area contributed by atoms with Gasteiger partial charge in [0.1, 0.15) is 11.4 Å². The third-order valence-corrected chi connectivity index (χ3v) is 3.53. The summed E-state index contributed by atoms with van der Waals surface area (Å²) in [4.78, 5) is 5.48. The molecular weight excluding hydrogens is 256 g/mol. The number of methoxy groups -OCH3 is 1. The van der Waals surface area contributed by atoms with Gasteiger partial charge < -0.3 is 9.14 Å². The number of aromatic nitrogens is 2. The fourth-order valence-electron chi connectivity index (χ4n) is 1.67. The summed E-state index contributed by atoms with van der Waals surface area (Å²) >= 11 is 1.81. The zero-order chi connectivity index (χ0) is 14.6. The van der Waals surface area contributed by atoms with E-state index in [4.69, 9.17) is 4.74 Å². The Bertz CT molecular complexity index is 541. The summed E-state index contributed by atoms with van der Waals surface area (Å²) in [5.74, 6) is 0.892. The minimum atomic E-state index is 0.162. The maximum Gasteiger partial charge on any atom is 0.140 e. The second-order valence-electron chi connectivity index (χ2n) is 5.05. The van der Waals surface area contributed by atoms with E-state index in [1.165, 1.54) is 0 Å². The van der Waals surface area contributed by atoms with Crippen LogP contribution in [-0.2, 0) is 0 Å². The Kier molecular flexibility index (Phi) is 5.29. The Morgan fingerprint density at radius 2 is 1.89 bits per heavy atom. The number of hydrogen-bond donors (Lipinski definition) is 0. The van der Waals surface area contributed by atoms with Gasteiger partial charge >= 0.3 is 0 Å². The van der Waals surface area contributed by atoms with Gasteiger partial charge in [0.2, 0.25) is 0 Å². The summed E-state index contributed by atoms with van der Waals surface area (Å²) in [6.45, 7) is 12.6. The van der Waals surface area contributed by atoms with Gasteiger partial charge in [-0.3, -0.25) is 0 Å². The SMILES string of the molecule is CC.COc1cc2ncc(C)n2cc1SC(C)(C)C. The van der Waals surface area contributed by atoms with E-state index in [0.717, 1.165) is 22.0 Å². The standard InChI is InChI=1S/C13H18N2OS.C2H6/c1-9-7-14-12-6-10(16-5)11(8-15(9)12)17-13(2,3)4;1-2/h6-8H,1-5H3;1-2H3. The number of imidazole rings is 1. The first kappa shape index (κ1) is 15.9. The molecular formula is C15H24N2OS. The van der Waals surface area contributed by atoms with Crippen LogP contribution in [0.25, 0.3) is 5.65 Å². The summed E-state index contributed by atoms with van der Waals surface area (Å²) in [6.07, 6.45) is 3.98. The predicted octanol–water partition coefficient (Wildman–Crippen LogP) is 4.57. The second kappa shape index (κ2) is 6.33. The van der Waals surface area contributed by atoms with E-state index in [1.54, 1.807) is 18.9 Å². The molecule has 2 aromatic rings. The van der Waals surface area contributed by atoms with Crippen molar-refractivity contribution >= 4 is 17.4 Å². The molecule has 19 heavy (non-hydrogen) atoms. The second-order valence-corrected chi connectivity index (χ2v) is 6.92. The minimum Gasteiger partial charge on any atom is -0.495 e. The van der Waals surface area contributed by atoms with Gasteiger partial charge in [-0.05, 0) is 6.92 Å². The van der Waals surface area contributed by atoms with Gasteiger partial charge in [0.15, 0.2) is 0 Å². The Balaban J connectivity index is 0.000000861. The lowest BCUT2D eigenvalue weighted by Gasteiger charge is -2.19. The molecule has 0 aliphatic heterocycles. The molecule has 2 heterocycles. The molecule has 2 aromatic heterocycles. The number of rotatable bonds is 2. The molecule has 0 atom stereocenters. The largest absolute Gasteiger partial charge is 0.495 e. The predicted molar refractivity (Wildman–Crippen MR) is 83.4 cm³/mol. The maximum absolute atomic E-state index is 5.43. The van der Waals surface area contributed by atoms with Crippen LogP contribution in [0.15, 0.2) is 23.4 Å². The number of hydrogen-bond acceptors (Lipinski definition) is 3. The van der Waals surface area contributed by atoms with Crippen molar-refractivity contribution in [3.8, 4) is 5.75 Å². The van der Waals surface area contributed by atoms with Gasteiger partial charge in [0, 0.05) is 28.9 Å². The molecule has 0 unspecified atom stereocenters. The normalized spacial score (nSPS) is 11.1. The van der Waals surface area contributed by atoms with Crippen molar-refractivity contribution in [1.82, 2.24) is 9.38 Å². The van der Waals surface area contributed by atoms with Crippen molar-refractivity contribution in [2.24, 2.45) is 0 Å². The van der Waals surface area contributed by atoms with Gasteiger partial charge in [-0.2, -0.15) is 0 Å². The summed E-state index contributed by atoms with van der Waals surface area (Å²) in [7, 11) is 1.70. The molecule has 0 N–H and O–H groups in total. The highest BCUT2D eigenvalue weighted by molar-refractivity contribution is 8.00. The van der Waals surface area contributed by atoms with E-state index < -0.39 is 0 Å². The summed E-state index contributed by atoms with van der Waals surface area (Å²) in [5, 5.41) is 0. The average molecular weight is 280 g/mol. The molecule has 0 aliphatic rings. The van der Waals surface area contributed by atoms with Gasteiger partial charge in [0.05, 0.1) is 12.0 Å². The highest BCUT2D eigenvalue weighted by Gasteiger charge is 2.17. The van der Waals surface area contributed by atoms with Crippen LogP contribution >= 0.6 is 11.8 Å². The zero-order valence-electron chi connectivity index (χ0n) is 12.9. The van der Waals surface area contributed by atoms with Crippen LogP contribution in [0, 0.1) is 6.92 Å². The summed E-state index contributed by atoms with van der Waals surface area (Å²) < 4.78 is 7.69. The molecule has 0 radical (unpaired) electrons. The molecule has 0 amide bonds. The molecule has 3 nitrogen and oxygen atoms in total. The van der Waals surface area contributed by atoms with Crippen LogP contribution in [0.1, 0.15) is 40.3 Å². The number of aryl methyl sites for hydroxylation is 1. The van der Waals surface area contributed by atoms with E-state index in [2.05, 4.69) is 43.3 Å². The Morgan fingerprint density at radius 3 is 2.42 bits per heavy atom. The molecule has 0 aliphatic carbocycles. The maximum atomic E-state index is 5.43. The van der Waals surface area contributed by atoms with Gasteiger partial charge in [-0.25, -0.2) is 4.98 Å². The van der Waals surface area contributed by atoms with E-state index in [0.29, 0.717) is 0 Å². The van der Waals surface area contributed by atoms with Crippen molar-refractivity contribution in [2.75, 3.05) is 7.11 Å². The topological polar surface area (TPSA) is 26.5 Å². The molecule has 0 saturated heterocycles. The molecule has 4 heteroatoms. The van der Waals surface area contributed by atoms with Crippen LogP contribution in [-0.4, -0.2) is 21.2 Å². The number of thioether (sulfide) groups is 1. The zero-order valence-corrected chi connectivity index (χ0v) is 13.8. The molecule has 2 rings (SSSR count). The van der Waals surface area contributed by atoms with Crippen LogP contribution in [0.3, 0.4) is 0 Å². The van der Waals surface area contributed by atoms with Crippen molar-refractivity contribution in [3.05, 3.63) is 24.2 Å². The summed E-state index contributed by atoms with van der Waals surface area (Å²) in [6, 6.07) is 1.99. The third-order valence-electron chi connectivity index (χ3n) is 2.40. The van der Waals surface area contributed by atoms with Crippen molar-refractivity contribution in [2.45, 2.75) is 51.2 Å². The third kappa shape index (κ3) is 3.90. The number of fused-ring (bicyclic) bond motifs is 1. The highest BCUT2D eigenvalue weighted by Crippen LogP contribution is 2.38. The molecule has 0 aromatic carbocycles.